The zero-order valence-electron chi connectivity index (χ0n) is 13.7. The molecule has 4 nitrogen and oxygen atoms in total. The largest absolute Gasteiger partial charge is 0.398 e. The van der Waals surface area contributed by atoms with Gasteiger partial charge in [0.05, 0.1) is 0 Å². The van der Waals surface area contributed by atoms with E-state index in [1.54, 1.807) is 29.2 Å². The van der Waals surface area contributed by atoms with Gasteiger partial charge in [0.15, 0.2) is 5.78 Å². The van der Waals surface area contributed by atoms with E-state index in [4.69, 9.17) is 17.3 Å². The third-order valence-electron chi connectivity index (χ3n) is 4.32. The highest BCUT2D eigenvalue weighted by Crippen LogP contribution is 2.31. The molecule has 0 fully saturated rings. The van der Waals surface area contributed by atoms with Crippen LogP contribution in [-0.4, -0.2) is 18.2 Å². The second-order valence-corrected chi connectivity index (χ2v) is 6.36. The Balaban J connectivity index is 0.00000225. The first kappa shape index (κ1) is 19.3. The van der Waals surface area contributed by atoms with Crippen LogP contribution in [-0.2, 0) is 11.2 Å². The Bertz CT molecular complexity index is 775. The molecule has 1 amide bonds. The smallest absolute Gasteiger partial charge is 0.227 e. The number of carbonyl (C=O) groups excluding carboxylic acids is 2. The minimum absolute atomic E-state index is 0. The number of nitrogen functional groups attached to an aromatic ring is 1. The van der Waals surface area contributed by atoms with Gasteiger partial charge in [-0.2, -0.15) is 0 Å². The molecule has 132 valence electrons. The lowest BCUT2D eigenvalue weighted by Gasteiger charge is -2.30. The number of rotatable bonds is 4. The second kappa shape index (κ2) is 8.37. The molecule has 6 heteroatoms. The molecule has 2 aromatic carbocycles. The fraction of sp³-hybridized carbons (Fsp3) is 0.263. The summed E-state index contributed by atoms with van der Waals surface area (Å²) in [6, 6.07) is 12.4. The lowest BCUT2D eigenvalue weighted by molar-refractivity contribution is -0.118. The van der Waals surface area contributed by atoms with Gasteiger partial charge in [0.1, 0.15) is 0 Å². The van der Waals surface area contributed by atoms with Crippen molar-refractivity contribution in [3.8, 4) is 0 Å². The lowest BCUT2D eigenvalue weighted by atomic mass is 9.99. The predicted molar refractivity (Wildman–Crippen MR) is 104 cm³/mol. The molecule has 25 heavy (non-hydrogen) atoms. The number of anilines is 2. The van der Waals surface area contributed by atoms with Crippen LogP contribution in [0.1, 0.15) is 35.2 Å². The third-order valence-corrected chi connectivity index (χ3v) is 4.57. The molecule has 0 saturated heterocycles. The van der Waals surface area contributed by atoms with Gasteiger partial charge in [-0.25, -0.2) is 0 Å². The number of ketones is 1. The summed E-state index contributed by atoms with van der Waals surface area (Å²) in [7, 11) is 0. The summed E-state index contributed by atoms with van der Waals surface area (Å²) in [6.07, 6.45) is 2.15. The molecule has 0 bridgehead atoms. The van der Waals surface area contributed by atoms with Crippen molar-refractivity contribution in [3.63, 3.8) is 0 Å². The number of amides is 1. The molecule has 3 rings (SSSR count). The van der Waals surface area contributed by atoms with Crippen LogP contribution in [0.25, 0.3) is 0 Å². The molecule has 1 heterocycles. The average Bonchev–Trinajstić information content (AvgIpc) is 2.60. The minimum Gasteiger partial charge on any atom is -0.398 e. The van der Waals surface area contributed by atoms with E-state index < -0.39 is 0 Å². The van der Waals surface area contributed by atoms with Crippen LogP contribution in [0.2, 0.25) is 5.02 Å². The van der Waals surface area contributed by atoms with Crippen molar-refractivity contribution in [2.24, 2.45) is 0 Å². The first-order valence-corrected chi connectivity index (χ1v) is 8.40. The molecule has 0 aromatic heterocycles. The highest BCUT2D eigenvalue weighted by molar-refractivity contribution is 6.30. The topological polar surface area (TPSA) is 63.4 Å². The monoisotopic (exact) mass is 378 g/mol. The number of carbonyl (C=O) groups is 2. The van der Waals surface area contributed by atoms with Crippen LogP contribution in [0.15, 0.2) is 42.5 Å². The molecule has 0 saturated carbocycles. The molecule has 2 N–H and O–H groups in total. The summed E-state index contributed by atoms with van der Waals surface area (Å²) in [5, 5.41) is 0.588. The Morgan fingerprint density at radius 3 is 2.52 bits per heavy atom. The number of nitrogens with zero attached hydrogens (tertiary/aromatic N) is 1. The van der Waals surface area contributed by atoms with Crippen LogP contribution < -0.4 is 10.6 Å². The van der Waals surface area contributed by atoms with Gasteiger partial charge in [0.2, 0.25) is 5.91 Å². The summed E-state index contributed by atoms with van der Waals surface area (Å²) >= 11 is 5.82. The van der Waals surface area contributed by atoms with E-state index in [1.807, 2.05) is 18.2 Å². The first-order valence-electron chi connectivity index (χ1n) is 8.03. The molecule has 0 radical (unpaired) electrons. The van der Waals surface area contributed by atoms with Gasteiger partial charge < -0.3 is 10.6 Å². The number of halogens is 2. The lowest BCUT2D eigenvalue weighted by Crippen LogP contribution is -2.35. The van der Waals surface area contributed by atoms with Gasteiger partial charge in [-0.1, -0.05) is 17.7 Å². The Hall–Kier alpha value is -2.04. The first-order chi connectivity index (χ1) is 11.6. The van der Waals surface area contributed by atoms with Gasteiger partial charge >= 0.3 is 0 Å². The standard InChI is InChI=1S/C19H19ClN2O2.ClH/c20-14-8-6-13(7-9-14)18(23)10-11-19(24)22-12-2-3-15-16(21)4-1-5-17(15)22;/h1,4-9H,2-3,10-12,21H2;1H. The maximum atomic E-state index is 12.6. The van der Waals surface area contributed by atoms with Crippen molar-refractivity contribution in [3.05, 3.63) is 58.6 Å². The van der Waals surface area contributed by atoms with Gasteiger partial charge in [-0.05, 0) is 54.8 Å². The van der Waals surface area contributed by atoms with Gasteiger partial charge in [0.25, 0.3) is 0 Å². The molecule has 1 aliphatic rings. The molecule has 2 aromatic rings. The summed E-state index contributed by atoms with van der Waals surface area (Å²) < 4.78 is 0. The fourth-order valence-electron chi connectivity index (χ4n) is 3.05. The minimum atomic E-state index is -0.0511. The number of hydrogen-bond donors (Lipinski definition) is 1. The van der Waals surface area contributed by atoms with Crippen molar-refractivity contribution in [2.75, 3.05) is 17.2 Å². The normalized spacial score (nSPS) is 12.9. The number of hydrogen-bond acceptors (Lipinski definition) is 3. The summed E-state index contributed by atoms with van der Waals surface area (Å²) in [5.74, 6) is -0.0892. The van der Waals surface area contributed by atoms with Gasteiger partial charge in [-0.3, -0.25) is 9.59 Å². The summed E-state index contributed by atoms with van der Waals surface area (Å²) in [5.41, 5.74) is 9.22. The zero-order chi connectivity index (χ0) is 17.1. The Morgan fingerprint density at radius 1 is 1.08 bits per heavy atom. The van der Waals surface area contributed by atoms with E-state index in [0.717, 1.165) is 29.8 Å². The quantitative estimate of drug-likeness (QED) is 0.637. The fourth-order valence-corrected chi connectivity index (χ4v) is 3.17. The maximum absolute atomic E-state index is 12.6. The Labute approximate surface area is 158 Å². The van der Waals surface area contributed by atoms with Crippen LogP contribution in [0.4, 0.5) is 11.4 Å². The third kappa shape index (κ3) is 4.33. The Kier molecular flexibility index (Phi) is 6.45. The van der Waals surface area contributed by atoms with Crippen LogP contribution in [0.3, 0.4) is 0 Å². The van der Waals surface area contributed by atoms with Crippen LogP contribution in [0, 0.1) is 0 Å². The average molecular weight is 379 g/mol. The van der Waals surface area contributed by atoms with E-state index >= 15 is 0 Å². The molecule has 0 unspecified atom stereocenters. The van der Waals surface area contributed by atoms with E-state index in [-0.39, 0.29) is 36.9 Å². The summed E-state index contributed by atoms with van der Waals surface area (Å²) in [6.45, 7) is 0.671. The molecule has 0 aliphatic carbocycles. The molecule has 0 atom stereocenters. The molecule has 1 aliphatic heterocycles. The van der Waals surface area contributed by atoms with Crippen molar-refractivity contribution in [1.82, 2.24) is 0 Å². The van der Waals surface area contributed by atoms with E-state index in [2.05, 4.69) is 0 Å². The van der Waals surface area contributed by atoms with E-state index in [1.165, 1.54) is 0 Å². The summed E-state index contributed by atoms with van der Waals surface area (Å²) in [4.78, 5) is 26.5. The number of Topliss-reactive ketones (excluding diaryl/α,β-unsaturated/α-hetero) is 1. The highest BCUT2D eigenvalue weighted by atomic mass is 35.5. The second-order valence-electron chi connectivity index (χ2n) is 5.92. The van der Waals surface area contributed by atoms with Gasteiger partial charge in [0, 0.05) is 41.3 Å². The van der Waals surface area contributed by atoms with Crippen molar-refractivity contribution >= 4 is 47.1 Å². The number of nitrogens with two attached hydrogens (primary N) is 1. The van der Waals surface area contributed by atoms with Crippen molar-refractivity contribution in [2.45, 2.75) is 25.7 Å². The van der Waals surface area contributed by atoms with Crippen LogP contribution >= 0.6 is 24.0 Å². The Morgan fingerprint density at radius 2 is 1.80 bits per heavy atom. The predicted octanol–water partition coefficient (Wildman–Crippen LogP) is 4.29. The SMILES string of the molecule is Cl.Nc1cccc2c1CCCN2C(=O)CCC(=O)c1ccc(Cl)cc1. The highest BCUT2D eigenvalue weighted by Gasteiger charge is 2.24. The van der Waals surface area contributed by atoms with E-state index in [9.17, 15) is 9.59 Å². The molecular formula is C19H20Cl2N2O2. The number of benzene rings is 2. The number of fused-ring (bicyclic) bond motifs is 1. The van der Waals surface area contributed by atoms with Crippen LogP contribution in [0.5, 0.6) is 0 Å². The van der Waals surface area contributed by atoms with Gasteiger partial charge in [-0.15, -0.1) is 12.4 Å². The van der Waals surface area contributed by atoms with E-state index in [0.29, 0.717) is 17.1 Å². The molecular weight excluding hydrogens is 359 g/mol. The maximum Gasteiger partial charge on any atom is 0.227 e. The van der Waals surface area contributed by atoms with Crippen molar-refractivity contribution in [1.29, 1.82) is 0 Å². The zero-order valence-corrected chi connectivity index (χ0v) is 15.3. The van der Waals surface area contributed by atoms with Crippen molar-refractivity contribution < 1.29 is 9.59 Å². The molecule has 0 spiro atoms.